The fraction of sp³-hybridized carbons (Fsp3) is 0.238. The van der Waals surface area contributed by atoms with E-state index in [1.807, 2.05) is 12.1 Å². The SMILES string of the molecule is CCCCc1ccc(C(=O)Nc2nc(Cc3ccc(C(=O)O)s3)[nH]c2C(N)=O)cc1. The van der Waals surface area contributed by atoms with E-state index in [1.165, 1.54) is 6.07 Å². The standard InChI is InChI=1S/C21H22N4O4S/c1-2-3-4-12-5-7-13(8-6-12)20(27)25-19-17(18(22)26)23-16(24-19)11-14-9-10-15(30-14)21(28)29/h5-10H,2-4,11H2,1H3,(H2,22,26)(H,23,24)(H,25,27)(H,28,29). The van der Waals surface area contributed by atoms with Crippen molar-refractivity contribution in [2.45, 2.75) is 32.6 Å². The van der Waals surface area contributed by atoms with Crippen LogP contribution in [-0.2, 0) is 12.8 Å². The van der Waals surface area contributed by atoms with Gasteiger partial charge in [-0.25, -0.2) is 9.78 Å². The van der Waals surface area contributed by atoms with Crippen LogP contribution in [-0.4, -0.2) is 32.9 Å². The Morgan fingerprint density at radius 1 is 1.17 bits per heavy atom. The normalized spacial score (nSPS) is 10.7. The number of hydrogen-bond donors (Lipinski definition) is 4. The molecule has 1 aromatic carbocycles. The summed E-state index contributed by atoms with van der Waals surface area (Å²) in [5, 5.41) is 11.7. The molecule has 30 heavy (non-hydrogen) atoms. The third-order valence-electron chi connectivity index (χ3n) is 4.48. The number of thiophene rings is 1. The van der Waals surface area contributed by atoms with E-state index in [2.05, 4.69) is 22.2 Å². The highest BCUT2D eigenvalue weighted by molar-refractivity contribution is 7.13. The van der Waals surface area contributed by atoms with Gasteiger partial charge in [-0.3, -0.25) is 9.59 Å². The highest BCUT2D eigenvalue weighted by Crippen LogP contribution is 2.21. The summed E-state index contributed by atoms with van der Waals surface area (Å²) in [6, 6.07) is 10.5. The topological polar surface area (TPSA) is 138 Å². The second-order valence-corrected chi connectivity index (χ2v) is 7.94. The predicted octanol–water partition coefficient (Wildman–Crippen LogP) is 3.45. The van der Waals surface area contributed by atoms with E-state index < -0.39 is 17.8 Å². The Balaban J connectivity index is 1.75. The Kier molecular flexibility index (Phi) is 6.63. The lowest BCUT2D eigenvalue weighted by molar-refractivity contribution is 0.0701. The van der Waals surface area contributed by atoms with Crippen LogP contribution in [0, 0.1) is 0 Å². The van der Waals surface area contributed by atoms with Crippen molar-refractivity contribution in [2.24, 2.45) is 5.73 Å². The summed E-state index contributed by atoms with van der Waals surface area (Å²) in [6.45, 7) is 2.12. The predicted molar refractivity (Wildman–Crippen MR) is 114 cm³/mol. The third-order valence-corrected chi connectivity index (χ3v) is 5.55. The van der Waals surface area contributed by atoms with Gasteiger partial charge in [0.15, 0.2) is 5.82 Å². The summed E-state index contributed by atoms with van der Waals surface area (Å²) in [5.74, 6) is -1.71. The molecule has 0 radical (unpaired) electrons. The molecular weight excluding hydrogens is 404 g/mol. The summed E-state index contributed by atoms with van der Waals surface area (Å²) in [7, 11) is 0. The number of amides is 2. The van der Waals surface area contributed by atoms with Crippen molar-refractivity contribution >= 4 is 34.9 Å². The first-order chi connectivity index (χ1) is 14.4. The maximum Gasteiger partial charge on any atom is 0.345 e. The van der Waals surface area contributed by atoms with Crippen LogP contribution in [0.2, 0.25) is 0 Å². The van der Waals surface area contributed by atoms with Crippen molar-refractivity contribution in [1.82, 2.24) is 9.97 Å². The zero-order chi connectivity index (χ0) is 21.7. The fourth-order valence-corrected chi connectivity index (χ4v) is 3.76. The Bertz CT molecular complexity index is 1070. The molecule has 0 bridgehead atoms. The number of aromatic carboxylic acids is 1. The van der Waals surface area contributed by atoms with Crippen LogP contribution in [0.15, 0.2) is 36.4 Å². The first-order valence-electron chi connectivity index (χ1n) is 9.48. The minimum absolute atomic E-state index is 0.00655. The summed E-state index contributed by atoms with van der Waals surface area (Å²) in [4.78, 5) is 43.4. The number of imidazole rings is 1. The maximum absolute atomic E-state index is 12.6. The minimum atomic E-state index is -1.00. The molecule has 0 aliphatic carbocycles. The molecule has 3 rings (SSSR count). The molecule has 156 valence electrons. The number of nitrogens with zero attached hydrogens (tertiary/aromatic N) is 1. The summed E-state index contributed by atoms with van der Waals surface area (Å²) in [6.07, 6.45) is 3.42. The molecule has 2 heterocycles. The van der Waals surface area contributed by atoms with E-state index in [0.29, 0.717) is 11.4 Å². The lowest BCUT2D eigenvalue weighted by Crippen LogP contribution is -2.18. The number of nitrogens with two attached hydrogens (primary N) is 1. The average molecular weight is 426 g/mol. The highest BCUT2D eigenvalue weighted by atomic mass is 32.1. The maximum atomic E-state index is 12.6. The Morgan fingerprint density at radius 3 is 2.50 bits per heavy atom. The number of hydrogen-bond acceptors (Lipinski definition) is 5. The lowest BCUT2D eigenvalue weighted by atomic mass is 10.1. The van der Waals surface area contributed by atoms with E-state index in [1.54, 1.807) is 18.2 Å². The number of carboxylic acid groups (broad SMARTS) is 1. The van der Waals surface area contributed by atoms with Crippen LogP contribution in [0.4, 0.5) is 5.82 Å². The minimum Gasteiger partial charge on any atom is -0.477 e. The quantitative estimate of drug-likeness (QED) is 0.415. The van der Waals surface area contributed by atoms with Gasteiger partial charge in [0.25, 0.3) is 11.8 Å². The molecule has 0 saturated carbocycles. The van der Waals surface area contributed by atoms with E-state index in [9.17, 15) is 14.4 Å². The van der Waals surface area contributed by atoms with E-state index in [0.717, 1.165) is 41.0 Å². The fourth-order valence-electron chi connectivity index (χ4n) is 2.91. The number of benzene rings is 1. The van der Waals surface area contributed by atoms with Crippen LogP contribution in [0.1, 0.15) is 66.5 Å². The number of aromatic amines is 1. The Morgan fingerprint density at radius 2 is 1.90 bits per heavy atom. The smallest absolute Gasteiger partial charge is 0.345 e. The molecule has 0 fully saturated rings. The van der Waals surface area contributed by atoms with Crippen LogP contribution < -0.4 is 11.1 Å². The molecule has 0 saturated heterocycles. The number of unbranched alkanes of at least 4 members (excludes halogenated alkanes) is 1. The molecule has 2 aromatic heterocycles. The number of aromatic nitrogens is 2. The molecular formula is C21H22N4O4S. The molecule has 5 N–H and O–H groups in total. The van der Waals surface area contributed by atoms with E-state index in [-0.39, 0.29) is 22.8 Å². The highest BCUT2D eigenvalue weighted by Gasteiger charge is 2.19. The number of H-pyrrole nitrogens is 1. The van der Waals surface area contributed by atoms with Crippen LogP contribution >= 0.6 is 11.3 Å². The van der Waals surface area contributed by atoms with Crippen molar-refractivity contribution in [3.8, 4) is 0 Å². The molecule has 0 aliphatic heterocycles. The molecule has 3 aromatic rings. The van der Waals surface area contributed by atoms with Gasteiger partial charge in [-0.2, -0.15) is 0 Å². The monoisotopic (exact) mass is 426 g/mol. The van der Waals surface area contributed by atoms with Gasteiger partial charge in [0.1, 0.15) is 16.4 Å². The zero-order valence-corrected chi connectivity index (χ0v) is 17.2. The van der Waals surface area contributed by atoms with Gasteiger partial charge in [-0.15, -0.1) is 11.3 Å². The molecule has 8 nitrogen and oxygen atoms in total. The number of nitrogens with one attached hydrogen (secondary N) is 2. The van der Waals surface area contributed by atoms with Crippen LogP contribution in [0.5, 0.6) is 0 Å². The number of carboxylic acids is 1. The van der Waals surface area contributed by atoms with Crippen molar-refractivity contribution in [2.75, 3.05) is 5.32 Å². The van der Waals surface area contributed by atoms with Gasteiger partial charge in [0, 0.05) is 16.9 Å². The molecule has 0 atom stereocenters. The number of rotatable bonds is 9. The average Bonchev–Trinajstić information content (AvgIpc) is 3.34. The van der Waals surface area contributed by atoms with E-state index >= 15 is 0 Å². The van der Waals surface area contributed by atoms with Crippen LogP contribution in [0.25, 0.3) is 0 Å². The third kappa shape index (κ3) is 5.12. The number of anilines is 1. The first kappa shape index (κ1) is 21.3. The van der Waals surface area contributed by atoms with Crippen molar-refractivity contribution in [3.05, 3.63) is 68.8 Å². The molecule has 0 aliphatic rings. The van der Waals surface area contributed by atoms with E-state index in [4.69, 9.17) is 10.8 Å². The van der Waals surface area contributed by atoms with Gasteiger partial charge in [0.2, 0.25) is 0 Å². The second kappa shape index (κ2) is 9.36. The first-order valence-corrected chi connectivity index (χ1v) is 10.3. The molecule has 2 amide bonds. The van der Waals surface area contributed by atoms with Crippen LogP contribution in [0.3, 0.4) is 0 Å². The largest absolute Gasteiger partial charge is 0.477 e. The Hall–Kier alpha value is -3.46. The molecule has 0 unspecified atom stereocenters. The molecule has 0 spiro atoms. The summed E-state index contributed by atoms with van der Waals surface area (Å²) in [5.41, 5.74) is 7.00. The van der Waals surface area contributed by atoms with Gasteiger partial charge < -0.3 is 21.1 Å². The van der Waals surface area contributed by atoms with Crippen molar-refractivity contribution < 1.29 is 19.5 Å². The molecule has 9 heteroatoms. The summed E-state index contributed by atoms with van der Waals surface area (Å²) < 4.78 is 0. The number of carbonyl (C=O) groups is 3. The number of aryl methyl sites for hydroxylation is 1. The van der Waals surface area contributed by atoms with Crippen molar-refractivity contribution in [1.29, 1.82) is 0 Å². The van der Waals surface area contributed by atoms with Gasteiger partial charge in [-0.1, -0.05) is 25.5 Å². The lowest BCUT2D eigenvalue weighted by Gasteiger charge is -2.05. The van der Waals surface area contributed by atoms with Crippen molar-refractivity contribution in [3.63, 3.8) is 0 Å². The second-order valence-electron chi connectivity index (χ2n) is 6.77. The van der Waals surface area contributed by atoms with Gasteiger partial charge >= 0.3 is 5.97 Å². The van der Waals surface area contributed by atoms with Gasteiger partial charge in [-0.05, 0) is 42.7 Å². The zero-order valence-electron chi connectivity index (χ0n) is 16.4. The summed E-state index contributed by atoms with van der Waals surface area (Å²) >= 11 is 1.11. The van der Waals surface area contributed by atoms with Gasteiger partial charge in [0.05, 0.1) is 0 Å². The number of carbonyl (C=O) groups excluding carboxylic acids is 2. The number of primary amides is 1. The Labute approximate surface area is 177 Å².